The quantitative estimate of drug-likeness (QED) is 0.902. The smallest absolute Gasteiger partial charge is 0.124 e. The molecule has 2 N–H and O–H groups in total. The Kier molecular flexibility index (Phi) is 3.18. The Morgan fingerprint density at radius 2 is 2.00 bits per heavy atom. The number of aromatic nitrogens is 1. The summed E-state index contributed by atoms with van der Waals surface area (Å²) in [6, 6.07) is 8.36. The van der Waals surface area contributed by atoms with Crippen molar-refractivity contribution in [1.82, 2.24) is 4.98 Å². The van der Waals surface area contributed by atoms with Crippen LogP contribution in [-0.4, -0.2) is 4.98 Å². The number of nitrogens with zero attached hydrogens (tertiary/aromatic N) is 1. The molecular formula is C14H13ClN2S. The molecule has 1 heterocycles. The van der Waals surface area contributed by atoms with Crippen molar-refractivity contribution in [3.05, 3.63) is 46.6 Å². The molecule has 1 aliphatic rings. The molecule has 3 rings (SSSR count). The van der Waals surface area contributed by atoms with E-state index in [4.69, 9.17) is 17.3 Å². The fourth-order valence-corrected chi connectivity index (χ4v) is 3.26. The van der Waals surface area contributed by atoms with Crippen LogP contribution in [0.3, 0.4) is 0 Å². The van der Waals surface area contributed by atoms with Crippen molar-refractivity contribution < 1.29 is 0 Å². The van der Waals surface area contributed by atoms with Gasteiger partial charge in [-0.2, -0.15) is 0 Å². The molecule has 0 fully saturated rings. The molecule has 0 amide bonds. The van der Waals surface area contributed by atoms with Crippen LogP contribution in [0, 0.1) is 0 Å². The van der Waals surface area contributed by atoms with Gasteiger partial charge in [0.15, 0.2) is 0 Å². The van der Waals surface area contributed by atoms with Gasteiger partial charge in [0.05, 0.1) is 10.7 Å². The first-order valence-electron chi connectivity index (χ1n) is 5.93. The highest BCUT2D eigenvalue weighted by atomic mass is 35.5. The summed E-state index contributed by atoms with van der Waals surface area (Å²) in [5.41, 5.74) is 9.49. The van der Waals surface area contributed by atoms with Crippen molar-refractivity contribution in [3.63, 3.8) is 0 Å². The van der Waals surface area contributed by atoms with Gasteiger partial charge in [-0.05, 0) is 48.6 Å². The van der Waals surface area contributed by atoms with Gasteiger partial charge in [-0.15, -0.1) is 0 Å². The first-order chi connectivity index (χ1) is 8.72. The first-order valence-corrected chi connectivity index (χ1v) is 7.12. The number of nitrogens with two attached hydrogens (primary N) is 1. The van der Waals surface area contributed by atoms with Crippen molar-refractivity contribution in [1.29, 1.82) is 0 Å². The summed E-state index contributed by atoms with van der Waals surface area (Å²) in [5.74, 6) is 0. The molecule has 0 saturated carbocycles. The maximum atomic E-state index is 5.91. The highest BCUT2D eigenvalue weighted by Gasteiger charge is 2.12. The fraction of sp³-hybridized carbons (Fsp3) is 0.214. The van der Waals surface area contributed by atoms with E-state index in [1.807, 2.05) is 0 Å². The van der Waals surface area contributed by atoms with Crippen LogP contribution in [0.1, 0.15) is 17.5 Å². The third-order valence-corrected chi connectivity index (χ3v) is 4.36. The summed E-state index contributed by atoms with van der Waals surface area (Å²) in [6.45, 7) is 0. The molecule has 0 spiro atoms. The molecule has 0 unspecified atom stereocenters. The van der Waals surface area contributed by atoms with Gasteiger partial charge >= 0.3 is 0 Å². The molecule has 2 nitrogen and oxygen atoms in total. The van der Waals surface area contributed by atoms with Gasteiger partial charge in [-0.25, -0.2) is 4.98 Å². The van der Waals surface area contributed by atoms with Crippen molar-refractivity contribution in [2.45, 2.75) is 29.2 Å². The molecule has 0 bridgehead atoms. The van der Waals surface area contributed by atoms with Gasteiger partial charge in [0.1, 0.15) is 5.03 Å². The molecule has 1 aromatic carbocycles. The molecule has 0 aliphatic heterocycles. The predicted molar refractivity (Wildman–Crippen MR) is 76.2 cm³/mol. The van der Waals surface area contributed by atoms with E-state index >= 15 is 0 Å². The Hall–Kier alpha value is -1.19. The highest BCUT2D eigenvalue weighted by Crippen LogP contribution is 2.34. The molecule has 2 aromatic rings. The number of halogens is 1. The van der Waals surface area contributed by atoms with Crippen molar-refractivity contribution in [3.8, 4) is 0 Å². The SMILES string of the molecule is Nc1cc(Cl)cnc1Sc1ccc2c(c1)CCC2. The minimum atomic E-state index is 0.575. The molecule has 1 aromatic heterocycles. The zero-order chi connectivity index (χ0) is 12.5. The lowest BCUT2D eigenvalue weighted by atomic mass is 10.1. The van der Waals surface area contributed by atoms with E-state index in [0.717, 1.165) is 5.03 Å². The number of benzene rings is 1. The van der Waals surface area contributed by atoms with Gasteiger partial charge in [-0.1, -0.05) is 29.4 Å². The van der Waals surface area contributed by atoms with E-state index in [9.17, 15) is 0 Å². The number of hydrogen-bond acceptors (Lipinski definition) is 3. The predicted octanol–water partition coefficient (Wildman–Crippen LogP) is 3.96. The Morgan fingerprint density at radius 1 is 1.17 bits per heavy atom. The first kappa shape index (κ1) is 11.9. The molecule has 0 saturated heterocycles. The van der Waals surface area contributed by atoms with Crippen LogP contribution in [0.2, 0.25) is 5.02 Å². The second-order valence-electron chi connectivity index (χ2n) is 4.43. The summed E-state index contributed by atoms with van der Waals surface area (Å²) in [4.78, 5) is 5.46. The fourth-order valence-electron chi connectivity index (χ4n) is 2.25. The van der Waals surface area contributed by atoms with Crippen LogP contribution in [0.4, 0.5) is 5.69 Å². The lowest BCUT2D eigenvalue weighted by Gasteiger charge is -2.06. The monoisotopic (exact) mass is 276 g/mol. The normalized spacial score (nSPS) is 13.6. The molecule has 18 heavy (non-hydrogen) atoms. The molecule has 0 atom stereocenters. The van der Waals surface area contributed by atoms with E-state index < -0.39 is 0 Å². The minimum Gasteiger partial charge on any atom is -0.396 e. The summed E-state index contributed by atoms with van der Waals surface area (Å²) < 4.78 is 0. The van der Waals surface area contributed by atoms with Crippen LogP contribution in [0.5, 0.6) is 0 Å². The van der Waals surface area contributed by atoms with Crippen LogP contribution in [-0.2, 0) is 12.8 Å². The number of anilines is 1. The van der Waals surface area contributed by atoms with Gasteiger partial charge in [-0.3, -0.25) is 0 Å². The second kappa shape index (κ2) is 4.82. The molecule has 1 aliphatic carbocycles. The van der Waals surface area contributed by atoms with E-state index in [0.29, 0.717) is 10.7 Å². The summed E-state index contributed by atoms with van der Waals surface area (Å²) in [5, 5.41) is 1.39. The van der Waals surface area contributed by atoms with Crippen LogP contribution in [0.15, 0.2) is 40.4 Å². The highest BCUT2D eigenvalue weighted by molar-refractivity contribution is 7.99. The van der Waals surface area contributed by atoms with Gasteiger partial charge < -0.3 is 5.73 Å². The third-order valence-electron chi connectivity index (χ3n) is 3.13. The average molecular weight is 277 g/mol. The van der Waals surface area contributed by atoms with E-state index in [1.165, 1.54) is 35.3 Å². The third kappa shape index (κ3) is 2.33. The van der Waals surface area contributed by atoms with Crippen LogP contribution in [0.25, 0.3) is 0 Å². The number of nitrogen functional groups attached to an aromatic ring is 1. The summed E-state index contributed by atoms with van der Waals surface area (Å²) in [7, 11) is 0. The number of fused-ring (bicyclic) bond motifs is 1. The zero-order valence-electron chi connectivity index (χ0n) is 9.82. The van der Waals surface area contributed by atoms with Crippen molar-refractivity contribution >= 4 is 29.1 Å². The zero-order valence-corrected chi connectivity index (χ0v) is 11.4. The van der Waals surface area contributed by atoms with Gasteiger partial charge in [0.25, 0.3) is 0 Å². The number of rotatable bonds is 2. The Morgan fingerprint density at radius 3 is 2.83 bits per heavy atom. The van der Waals surface area contributed by atoms with E-state index in [2.05, 4.69) is 23.2 Å². The standard InChI is InChI=1S/C14H13ClN2S/c15-11-7-13(16)14(17-8-11)18-12-5-4-9-2-1-3-10(9)6-12/h4-8H,1-3,16H2. The lowest BCUT2D eigenvalue weighted by Crippen LogP contribution is -1.91. The van der Waals surface area contributed by atoms with E-state index in [1.54, 1.807) is 24.0 Å². The van der Waals surface area contributed by atoms with Gasteiger partial charge in [0, 0.05) is 11.1 Å². The summed E-state index contributed by atoms with van der Waals surface area (Å²) >= 11 is 7.44. The van der Waals surface area contributed by atoms with Crippen molar-refractivity contribution in [2.75, 3.05) is 5.73 Å². The number of hydrogen-bond donors (Lipinski definition) is 1. The van der Waals surface area contributed by atoms with Gasteiger partial charge in [0.2, 0.25) is 0 Å². The molecule has 92 valence electrons. The lowest BCUT2D eigenvalue weighted by molar-refractivity contribution is 0.911. The largest absolute Gasteiger partial charge is 0.396 e. The van der Waals surface area contributed by atoms with E-state index in [-0.39, 0.29) is 0 Å². The Labute approximate surface area is 116 Å². The Bertz CT molecular complexity index is 598. The maximum absolute atomic E-state index is 5.91. The number of aryl methyl sites for hydroxylation is 2. The number of pyridine rings is 1. The Balaban J connectivity index is 1.88. The summed E-state index contributed by atoms with van der Waals surface area (Å²) in [6.07, 6.45) is 5.30. The van der Waals surface area contributed by atoms with Crippen LogP contribution >= 0.6 is 23.4 Å². The second-order valence-corrected chi connectivity index (χ2v) is 5.93. The van der Waals surface area contributed by atoms with Crippen LogP contribution < -0.4 is 5.73 Å². The molecule has 4 heteroatoms. The topological polar surface area (TPSA) is 38.9 Å². The maximum Gasteiger partial charge on any atom is 0.124 e. The average Bonchev–Trinajstić information content (AvgIpc) is 2.80. The van der Waals surface area contributed by atoms with Crippen molar-refractivity contribution in [2.24, 2.45) is 0 Å². The molecular weight excluding hydrogens is 264 g/mol. The minimum absolute atomic E-state index is 0.575. The molecule has 0 radical (unpaired) electrons.